The Balaban J connectivity index is 1.16. The highest BCUT2D eigenvalue weighted by atomic mass is 35.5. The Bertz CT molecular complexity index is 1090. The molecule has 2 aliphatic heterocycles. The normalized spacial score (nSPS) is 25.4. The molecule has 2 fully saturated rings. The van der Waals surface area contributed by atoms with Gasteiger partial charge in [-0.3, -0.25) is 4.90 Å². The van der Waals surface area contributed by atoms with Crippen molar-refractivity contribution in [2.75, 3.05) is 32.7 Å². The average Bonchev–Trinajstić information content (AvgIpc) is 3.53. The zero-order valence-electron chi connectivity index (χ0n) is 20.7. The maximum Gasteiger partial charge on any atom is 0.0695 e. The third-order valence-corrected chi connectivity index (χ3v) is 9.37. The summed E-state index contributed by atoms with van der Waals surface area (Å²) in [7, 11) is 0. The molecule has 2 aromatic carbocycles. The Morgan fingerprint density at radius 1 is 0.944 bits per heavy atom. The number of likely N-dealkylation sites (tertiary alicyclic amines) is 2. The van der Waals surface area contributed by atoms with Gasteiger partial charge in [-0.05, 0) is 89.7 Å². The van der Waals surface area contributed by atoms with E-state index in [1.807, 2.05) is 12.1 Å². The molecule has 1 N–H and O–H groups in total. The Morgan fingerprint density at radius 3 is 2.56 bits per heavy atom. The summed E-state index contributed by atoms with van der Waals surface area (Å²) in [5, 5.41) is 16.9. The maximum atomic E-state index is 11.0. The number of thiophene rings is 1. The van der Waals surface area contributed by atoms with E-state index in [4.69, 9.17) is 23.2 Å². The van der Waals surface area contributed by atoms with E-state index in [9.17, 15) is 5.11 Å². The van der Waals surface area contributed by atoms with Crippen molar-refractivity contribution in [3.8, 4) is 0 Å². The lowest BCUT2D eigenvalue weighted by molar-refractivity contribution is 0.0117. The lowest BCUT2D eigenvalue weighted by atomic mass is 9.86. The van der Waals surface area contributed by atoms with Gasteiger partial charge >= 0.3 is 0 Å². The van der Waals surface area contributed by atoms with Crippen molar-refractivity contribution in [2.45, 2.75) is 44.2 Å². The van der Waals surface area contributed by atoms with Crippen LogP contribution in [-0.4, -0.2) is 53.7 Å². The molecule has 4 atom stereocenters. The van der Waals surface area contributed by atoms with Crippen LogP contribution < -0.4 is 0 Å². The molecule has 0 spiro atoms. The monoisotopic (exact) mass is 542 g/mol. The van der Waals surface area contributed by atoms with Crippen molar-refractivity contribution in [1.82, 2.24) is 9.80 Å². The zero-order valence-corrected chi connectivity index (χ0v) is 23.1. The van der Waals surface area contributed by atoms with Gasteiger partial charge in [0.15, 0.2) is 0 Å². The predicted molar refractivity (Wildman–Crippen MR) is 152 cm³/mol. The second-order valence-corrected chi connectivity index (χ2v) is 12.2. The molecular weight excluding hydrogens is 507 g/mol. The number of hydrogen-bond acceptors (Lipinski definition) is 4. The molecule has 3 heterocycles. The molecule has 0 unspecified atom stereocenters. The van der Waals surface area contributed by atoms with Gasteiger partial charge in [0.05, 0.1) is 6.10 Å². The Kier molecular flexibility index (Phi) is 9.05. The van der Waals surface area contributed by atoms with Gasteiger partial charge in [0, 0.05) is 48.7 Å². The van der Waals surface area contributed by atoms with Gasteiger partial charge in [-0.1, -0.05) is 59.6 Å². The summed E-state index contributed by atoms with van der Waals surface area (Å²) in [6.07, 6.45) is 4.23. The third-order valence-electron chi connectivity index (χ3n) is 8.08. The molecule has 5 rings (SSSR count). The van der Waals surface area contributed by atoms with Crippen LogP contribution in [0.25, 0.3) is 0 Å². The zero-order chi connectivity index (χ0) is 24.9. The fourth-order valence-electron chi connectivity index (χ4n) is 6.12. The van der Waals surface area contributed by atoms with Crippen LogP contribution in [0.15, 0.2) is 65.4 Å². The molecule has 3 nitrogen and oxygen atoms in total. The quantitative estimate of drug-likeness (QED) is 0.316. The molecule has 0 saturated carbocycles. The SMILES string of the molecule is O[C@H]1CN(C[C@@H]2CN(Cc3ccc(Cl)cc3Cl)C[C@@H]2c2ccsc2)CC[C@H]1CCCc1ccccc1. The van der Waals surface area contributed by atoms with Gasteiger partial charge in [-0.25, -0.2) is 0 Å². The van der Waals surface area contributed by atoms with E-state index in [2.05, 4.69) is 63.0 Å². The second-order valence-electron chi connectivity index (χ2n) is 10.6. The molecule has 1 aromatic heterocycles. The number of aliphatic hydroxyl groups excluding tert-OH is 1. The third kappa shape index (κ3) is 6.72. The molecule has 3 aromatic rings. The van der Waals surface area contributed by atoms with E-state index in [1.165, 1.54) is 11.1 Å². The van der Waals surface area contributed by atoms with Crippen molar-refractivity contribution in [3.05, 3.63) is 92.1 Å². The number of aliphatic hydroxyl groups is 1. The molecule has 0 radical (unpaired) electrons. The van der Waals surface area contributed by atoms with Gasteiger partial charge in [-0.15, -0.1) is 0 Å². The summed E-state index contributed by atoms with van der Waals surface area (Å²) >= 11 is 14.4. The highest BCUT2D eigenvalue weighted by Gasteiger charge is 2.37. The van der Waals surface area contributed by atoms with Crippen LogP contribution in [0.1, 0.15) is 41.9 Å². The molecule has 0 aliphatic carbocycles. The number of β-amino-alcohol motifs (C(OH)–C–C–N with tert-alkyl or cyclic N) is 1. The molecular formula is C30H36Cl2N2OS. The summed E-state index contributed by atoms with van der Waals surface area (Å²) in [5.74, 6) is 1.49. The number of aryl methyl sites for hydroxylation is 1. The van der Waals surface area contributed by atoms with Crippen LogP contribution in [0.4, 0.5) is 0 Å². The number of hydrogen-bond donors (Lipinski definition) is 1. The first-order chi connectivity index (χ1) is 17.5. The van der Waals surface area contributed by atoms with E-state index in [1.54, 1.807) is 11.3 Å². The van der Waals surface area contributed by atoms with Crippen molar-refractivity contribution in [1.29, 1.82) is 0 Å². The van der Waals surface area contributed by atoms with Gasteiger partial charge in [0.25, 0.3) is 0 Å². The minimum atomic E-state index is -0.223. The van der Waals surface area contributed by atoms with Crippen molar-refractivity contribution in [2.24, 2.45) is 11.8 Å². The van der Waals surface area contributed by atoms with Gasteiger partial charge in [0.2, 0.25) is 0 Å². The predicted octanol–water partition coefficient (Wildman–Crippen LogP) is 6.98. The topological polar surface area (TPSA) is 26.7 Å². The number of piperidine rings is 1. The summed E-state index contributed by atoms with van der Waals surface area (Å²) in [5.41, 5.74) is 3.98. The van der Waals surface area contributed by atoms with E-state index in [-0.39, 0.29) is 6.10 Å². The lowest BCUT2D eigenvalue weighted by Crippen LogP contribution is -2.46. The summed E-state index contributed by atoms with van der Waals surface area (Å²) in [6, 6.07) is 18.8. The fourth-order valence-corrected chi connectivity index (χ4v) is 7.32. The number of halogens is 2. The van der Waals surface area contributed by atoms with Gasteiger partial charge in [-0.2, -0.15) is 11.3 Å². The van der Waals surface area contributed by atoms with E-state index in [0.717, 1.165) is 75.5 Å². The summed E-state index contributed by atoms with van der Waals surface area (Å²) in [4.78, 5) is 5.05. The lowest BCUT2D eigenvalue weighted by Gasteiger charge is -2.38. The van der Waals surface area contributed by atoms with Gasteiger partial charge < -0.3 is 10.0 Å². The minimum Gasteiger partial charge on any atom is -0.392 e. The van der Waals surface area contributed by atoms with E-state index in [0.29, 0.717) is 22.8 Å². The molecule has 6 heteroatoms. The summed E-state index contributed by atoms with van der Waals surface area (Å²) < 4.78 is 0. The smallest absolute Gasteiger partial charge is 0.0695 e. The molecule has 36 heavy (non-hydrogen) atoms. The number of rotatable bonds is 9. The Morgan fingerprint density at radius 2 is 1.81 bits per heavy atom. The first-order valence-corrected chi connectivity index (χ1v) is 14.9. The minimum absolute atomic E-state index is 0.223. The van der Waals surface area contributed by atoms with E-state index >= 15 is 0 Å². The highest BCUT2D eigenvalue weighted by Crippen LogP contribution is 2.37. The Labute approximate surface area is 229 Å². The first kappa shape index (κ1) is 26.2. The van der Waals surface area contributed by atoms with Crippen molar-refractivity contribution in [3.63, 3.8) is 0 Å². The molecule has 0 amide bonds. The van der Waals surface area contributed by atoms with Crippen LogP contribution in [0.3, 0.4) is 0 Å². The average molecular weight is 544 g/mol. The van der Waals surface area contributed by atoms with Crippen LogP contribution >= 0.6 is 34.5 Å². The van der Waals surface area contributed by atoms with Crippen LogP contribution in [0.2, 0.25) is 10.0 Å². The molecule has 0 bridgehead atoms. The standard InChI is InChI=1S/C30H36Cl2N2OS/c31-27-10-9-24(29(32)15-27)16-34-18-26(28(19-34)25-12-14-36-21-25)17-33-13-11-23(30(35)20-33)8-4-7-22-5-2-1-3-6-22/h1-3,5-6,9-10,12,14-15,21,23,26,28,30,35H,4,7-8,11,13,16-20H2/t23-,26-,28-,30+/m1/s1. The molecule has 192 valence electrons. The van der Waals surface area contributed by atoms with Crippen molar-refractivity contribution >= 4 is 34.5 Å². The Hall–Kier alpha value is -1.40. The highest BCUT2D eigenvalue weighted by molar-refractivity contribution is 7.08. The van der Waals surface area contributed by atoms with Crippen LogP contribution in [0.5, 0.6) is 0 Å². The molecule has 2 saturated heterocycles. The van der Waals surface area contributed by atoms with E-state index < -0.39 is 0 Å². The van der Waals surface area contributed by atoms with Crippen molar-refractivity contribution < 1.29 is 5.11 Å². The van der Waals surface area contributed by atoms with Crippen LogP contribution in [0, 0.1) is 11.8 Å². The van der Waals surface area contributed by atoms with Gasteiger partial charge in [0.1, 0.15) is 0 Å². The second kappa shape index (κ2) is 12.4. The molecule has 2 aliphatic rings. The van der Waals surface area contributed by atoms with Crippen LogP contribution in [-0.2, 0) is 13.0 Å². The number of benzene rings is 2. The first-order valence-electron chi connectivity index (χ1n) is 13.2. The summed E-state index contributed by atoms with van der Waals surface area (Å²) in [6.45, 7) is 5.86. The fraction of sp³-hybridized carbons (Fsp3) is 0.467. The number of nitrogens with zero attached hydrogens (tertiary/aromatic N) is 2. The maximum absolute atomic E-state index is 11.0. The largest absolute Gasteiger partial charge is 0.392 e.